The Morgan fingerprint density at radius 1 is 1.06 bits per heavy atom. The molecule has 1 atom stereocenters. The van der Waals surface area contributed by atoms with Crippen molar-refractivity contribution in [1.82, 2.24) is 0 Å². The van der Waals surface area contributed by atoms with E-state index in [1.54, 1.807) is 0 Å². The second-order valence-corrected chi connectivity index (χ2v) is 6.26. The lowest BCUT2D eigenvalue weighted by Gasteiger charge is -2.35. The Morgan fingerprint density at radius 3 is 2.44 bits per heavy atom. The highest BCUT2D eigenvalue weighted by Crippen LogP contribution is 2.38. The quantitative estimate of drug-likeness (QED) is 0.538. The summed E-state index contributed by atoms with van der Waals surface area (Å²) in [5, 5.41) is 0. The van der Waals surface area contributed by atoms with E-state index in [9.17, 15) is 4.79 Å². The molecule has 2 heteroatoms. The largest absolute Gasteiger partial charge is 0.465 e. The smallest absolute Gasteiger partial charge is 0.305 e. The fourth-order valence-electron chi connectivity index (χ4n) is 3.66. The number of esters is 1. The lowest BCUT2D eigenvalue weighted by Crippen LogP contribution is -2.30. The van der Waals surface area contributed by atoms with Crippen LogP contribution in [-0.4, -0.2) is 12.6 Å². The molecule has 1 aliphatic carbocycles. The van der Waals surface area contributed by atoms with E-state index in [-0.39, 0.29) is 5.97 Å². The van der Waals surface area contributed by atoms with E-state index in [1.807, 2.05) is 0 Å². The number of hydrogen-bond acceptors (Lipinski definition) is 2. The van der Waals surface area contributed by atoms with Gasteiger partial charge in [-0.2, -0.15) is 0 Å². The van der Waals surface area contributed by atoms with Crippen LogP contribution in [-0.2, 0) is 9.53 Å². The first-order valence-corrected chi connectivity index (χ1v) is 7.95. The molecule has 0 aromatic heterocycles. The maximum Gasteiger partial charge on any atom is 0.305 e. The number of unbranched alkanes of at least 4 members (excludes halogenated alkanes) is 2. The maximum atomic E-state index is 11.1. The topological polar surface area (TPSA) is 26.3 Å². The van der Waals surface area contributed by atoms with Gasteiger partial charge >= 0.3 is 5.97 Å². The zero-order chi connectivity index (χ0) is 12.8. The van der Waals surface area contributed by atoms with Gasteiger partial charge in [-0.15, -0.1) is 0 Å². The molecule has 0 aromatic carbocycles. The van der Waals surface area contributed by atoms with Crippen LogP contribution >= 0.6 is 0 Å². The summed E-state index contributed by atoms with van der Waals surface area (Å²) in [7, 11) is 0. The molecule has 104 valence electrons. The zero-order valence-corrected chi connectivity index (χ0v) is 11.8. The van der Waals surface area contributed by atoms with Crippen molar-refractivity contribution in [3.8, 4) is 0 Å². The number of rotatable bonds is 5. The van der Waals surface area contributed by atoms with Crippen LogP contribution in [0.5, 0.6) is 0 Å². The highest BCUT2D eigenvalue weighted by atomic mass is 16.5. The van der Waals surface area contributed by atoms with Crippen LogP contribution in [0.3, 0.4) is 0 Å². The minimum absolute atomic E-state index is 0.0134. The van der Waals surface area contributed by atoms with Crippen molar-refractivity contribution in [2.24, 2.45) is 17.8 Å². The molecule has 1 heterocycles. The summed E-state index contributed by atoms with van der Waals surface area (Å²) in [6.45, 7) is 2.98. The van der Waals surface area contributed by atoms with Gasteiger partial charge in [-0.25, -0.2) is 0 Å². The Morgan fingerprint density at radius 2 is 1.83 bits per heavy atom. The van der Waals surface area contributed by atoms with Crippen molar-refractivity contribution in [3.05, 3.63) is 0 Å². The van der Waals surface area contributed by atoms with E-state index in [1.165, 1.54) is 51.4 Å². The SMILES string of the molecule is CCCCCC1CCC(C2CCC(=O)OC2)CC1. The maximum absolute atomic E-state index is 11.1. The molecular formula is C16H28O2. The van der Waals surface area contributed by atoms with Crippen molar-refractivity contribution in [2.45, 2.75) is 71.1 Å². The summed E-state index contributed by atoms with van der Waals surface area (Å²) in [6, 6.07) is 0. The van der Waals surface area contributed by atoms with Crippen LogP contribution in [0.25, 0.3) is 0 Å². The zero-order valence-electron chi connectivity index (χ0n) is 11.8. The van der Waals surface area contributed by atoms with Crippen LogP contribution in [0, 0.1) is 17.8 Å². The van der Waals surface area contributed by atoms with Crippen LogP contribution in [0.15, 0.2) is 0 Å². The van der Waals surface area contributed by atoms with E-state index in [0.717, 1.165) is 18.3 Å². The monoisotopic (exact) mass is 252 g/mol. The van der Waals surface area contributed by atoms with Crippen molar-refractivity contribution in [1.29, 1.82) is 0 Å². The summed E-state index contributed by atoms with van der Waals surface area (Å²) in [5.74, 6) is 2.50. The first-order valence-electron chi connectivity index (χ1n) is 7.95. The Hall–Kier alpha value is -0.530. The van der Waals surface area contributed by atoms with Crippen LogP contribution in [0.1, 0.15) is 71.1 Å². The number of cyclic esters (lactones) is 1. The summed E-state index contributed by atoms with van der Waals surface area (Å²) in [5.41, 5.74) is 0. The Kier molecular flexibility index (Phi) is 5.52. The molecule has 1 saturated heterocycles. The standard InChI is InChI=1S/C16H28O2/c1-2-3-4-5-13-6-8-14(9-7-13)15-10-11-16(17)18-12-15/h13-15H,2-12H2,1H3. The van der Waals surface area contributed by atoms with E-state index < -0.39 is 0 Å². The normalized spacial score (nSPS) is 33.2. The highest BCUT2D eigenvalue weighted by Gasteiger charge is 2.30. The van der Waals surface area contributed by atoms with Gasteiger partial charge < -0.3 is 4.74 Å². The first-order chi connectivity index (χ1) is 8.79. The molecule has 0 bridgehead atoms. The number of carbonyl (C=O) groups is 1. The molecule has 2 fully saturated rings. The molecular weight excluding hydrogens is 224 g/mol. The predicted molar refractivity (Wildman–Crippen MR) is 73.3 cm³/mol. The lowest BCUT2D eigenvalue weighted by atomic mass is 9.73. The van der Waals surface area contributed by atoms with Gasteiger partial charge in [0.2, 0.25) is 0 Å². The van der Waals surface area contributed by atoms with Gasteiger partial charge in [0.1, 0.15) is 0 Å². The van der Waals surface area contributed by atoms with E-state index >= 15 is 0 Å². The van der Waals surface area contributed by atoms with Gasteiger partial charge in [0.25, 0.3) is 0 Å². The third kappa shape index (κ3) is 4.00. The molecule has 0 amide bonds. The first kappa shape index (κ1) is 13.9. The van der Waals surface area contributed by atoms with Gasteiger partial charge in [-0.1, -0.05) is 45.4 Å². The third-order valence-corrected chi connectivity index (χ3v) is 4.95. The molecule has 0 radical (unpaired) electrons. The Bertz CT molecular complexity index is 244. The highest BCUT2D eigenvalue weighted by molar-refractivity contribution is 5.69. The number of hydrogen-bond donors (Lipinski definition) is 0. The van der Waals surface area contributed by atoms with Gasteiger partial charge in [0, 0.05) is 6.42 Å². The fourth-order valence-corrected chi connectivity index (χ4v) is 3.66. The fraction of sp³-hybridized carbons (Fsp3) is 0.938. The van der Waals surface area contributed by atoms with Crippen LogP contribution in [0.2, 0.25) is 0 Å². The molecule has 2 aliphatic rings. The minimum atomic E-state index is 0.0134. The molecule has 0 N–H and O–H groups in total. The summed E-state index contributed by atoms with van der Waals surface area (Å²) >= 11 is 0. The van der Waals surface area contributed by atoms with E-state index in [4.69, 9.17) is 4.74 Å². The molecule has 2 nitrogen and oxygen atoms in total. The van der Waals surface area contributed by atoms with E-state index in [2.05, 4.69) is 6.92 Å². The summed E-state index contributed by atoms with van der Waals surface area (Å²) in [4.78, 5) is 11.1. The minimum Gasteiger partial charge on any atom is -0.465 e. The van der Waals surface area contributed by atoms with Crippen molar-refractivity contribution in [2.75, 3.05) is 6.61 Å². The van der Waals surface area contributed by atoms with E-state index in [0.29, 0.717) is 18.9 Å². The predicted octanol–water partition coefficient (Wildman–Crippen LogP) is 4.33. The average Bonchev–Trinajstić information content (AvgIpc) is 2.41. The molecule has 1 unspecified atom stereocenters. The van der Waals surface area contributed by atoms with Crippen LogP contribution < -0.4 is 0 Å². The molecule has 2 rings (SSSR count). The van der Waals surface area contributed by atoms with Gasteiger partial charge in [-0.3, -0.25) is 4.79 Å². The lowest BCUT2D eigenvalue weighted by molar-refractivity contribution is -0.151. The summed E-state index contributed by atoms with van der Waals surface area (Å²) < 4.78 is 5.21. The third-order valence-electron chi connectivity index (χ3n) is 4.95. The van der Waals surface area contributed by atoms with Crippen LogP contribution in [0.4, 0.5) is 0 Å². The molecule has 1 aliphatic heterocycles. The van der Waals surface area contributed by atoms with Gasteiger partial charge in [0.05, 0.1) is 6.61 Å². The summed E-state index contributed by atoms with van der Waals surface area (Å²) in [6.07, 6.45) is 12.9. The van der Waals surface area contributed by atoms with Crippen molar-refractivity contribution < 1.29 is 9.53 Å². The molecule has 1 saturated carbocycles. The molecule has 0 aromatic rings. The van der Waals surface area contributed by atoms with Crippen molar-refractivity contribution >= 4 is 5.97 Å². The van der Waals surface area contributed by atoms with Crippen molar-refractivity contribution in [3.63, 3.8) is 0 Å². The van der Waals surface area contributed by atoms with Gasteiger partial charge in [0.15, 0.2) is 0 Å². The Labute approximate surface area is 111 Å². The van der Waals surface area contributed by atoms with Gasteiger partial charge in [-0.05, 0) is 37.0 Å². The number of carbonyl (C=O) groups excluding carboxylic acids is 1. The Balaban J connectivity index is 1.65. The second kappa shape index (κ2) is 7.16. The number of ether oxygens (including phenoxy) is 1. The average molecular weight is 252 g/mol. The molecule has 18 heavy (non-hydrogen) atoms. The second-order valence-electron chi connectivity index (χ2n) is 6.26. The molecule has 0 spiro atoms.